The molecule has 2 aromatic rings. The highest BCUT2D eigenvalue weighted by Crippen LogP contribution is 2.13. The maximum Gasteiger partial charge on any atom is 0.328 e. The Kier molecular flexibility index (Phi) is 4.60. The Labute approximate surface area is 120 Å². The molecule has 0 radical (unpaired) electrons. The summed E-state index contributed by atoms with van der Waals surface area (Å²) in [6.45, 7) is 1.37. The Balaban J connectivity index is 1.93. The topological polar surface area (TPSA) is 96.2 Å². The summed E-state index contributed by atoms with van der Waals surface area (Å²) in [5, 5.41) is 10.3. The minimum absolute atomic E-state index is 0.146. The molecule has 0 aliphatic heterocycles. The van der Waals surface area contributed by atoms with Gasteiger partial charge in [-0.2, -0.15) is 0 Å². The standard InChI is InChI=1S/C13H14N4O4/c1-9(21-12(18)7-17-8-14-15-16-17)13(19)10-3-5-11(20-2)6-4-10/h3-6,8-9H,7H2,1-2H3. The van der Waals surface area contributed by atoms with E-state index in [0.717, 1.165) is 0 Å². The maximum atomic E-state index is 12.1. The van der Waals surface area contributed by atoms with E-state index in [1.54, 1.807) is 31.4 Å². The monoisotopic (exact) mass is 290 g/mol. The fraction of sp³-hybridized carbons (Fsp3) is 0.308. The molecule has 0 amide bonds. The van der Waals surface area contributed by atoms with Crippen LogP contribution in [0.5, 0.6) is 5.75 Å². The second kappa shape index (κ2) is 6.60. The lowest BCUT2D eigenvalue weighted by Gasteiger charge is -2.12. The minimum atomic E-state index is -0.887. The van der Waals surface area contributed by atoms with Crippen molar-refractivity contribution < 1.29 is 19.1 Å². The minimum Gasteiger partial charge on any atom is -0.497 e. The predicted octanol–water partition coefficient (Wildman–Crippen LogP) is 0.496. The van der Waals surface area contributed by atoms with Gasteiger partial charge in [-0.05, 0) is 41.6 Å². The number of carbonyl (C=O) groups excluding carboxylic acids is 2. The third kappa shape index (κ3) is 3.85. The van der Waals surface area contributed by atoms with E-state index in [2.05, 4.69) is 15.5 Å². The van der Waals surface area contributed by atoms with Crippen LogP contribution in [0.1, 0.15) is 17.3 Å². The van der Waals surface area contributed by atoms with Crippen molar-refractivity contribution in [2.75, 3.05) is 7.11 Å². The van der Waals surface area contributed by atoms with Crippen LogP contribution in [-0.4, -0.2) is 45.2 Å². The third-order valence-corrected chi connectivity index (χ3v) is 2.73. The van der Waals surface area contributed by atoms with Crippen LogP contribution in [0.25, 0.3) is 0 Å². The maximum absolute atomic E-state index is 12.1. The molecule has 0 fully saturated rings. The van der Waals surface area contributed by atoms with Crippen LogP contribution in [0, 0.1) is 0 Å². The number of ketones is 1. The van der Waals surface area contributed by atoms with Gasteiger partial charge < -0.3 is 9.47 Å². The van der Waals surface area contributed by atoms with E-state index in [4.69, 9.17) is 9.47 Å². The fourth-order valence-corrected chi connectivity index (χ4v) is 1.66. The molecule has 1 aromatic heterocycles. The first-order valence-electron chi connectivity index (χ1n) is 6.18. The first kappa shape index (κ1) is 14.6. The summed E-state index contributed by atoms with van der Waals surface area (Å²) < 4.78 is 11.3. The van der Waals surface area contributed by atoms with Gasteiger partial charge in [-0.25, -0.2) is 4.68 Å². The van der Waals surface area contributed by atoms with Gasteiger partial charge in [0.1, 0.15) is 18.6 Å². The van der Waals surface area contributed by atoms with Crippen molar-refractivity contribution in [1.29, 1.82) is 0 Å². The van der Waals surface area contributed by atoms with Gasteiger partial charge in [0.2, 0.25) is 5.78 Å². The van der Waals surface area contributed by atoms with Gasteiger partial charge >= 0.3 is 5.97 Å². The average molecular weight is 290 g/mol. The van der Waals surface area contributed by atoms with Gasteiger partial charge in [-0.1, -0.05) is 0 Å². The normalized spacial score (nSPS) is 11.7. The molecule has 8 heteroatoms. The van der Waals surface area contributed by atoms with Crippen LogP contribution in [0.15, 0.2) is 30.6 Å². The van der Waals surface area contributed by atoms with Crippen molar-refractivity contribution >= 4 is 11.8 Å². The number of Topliss-reactive ketones (excluding diaryl/α,β-unsaturated/α-hetero) is 1. The SMILES string of the molecule is COc1ccc(C(=O)C(C)OC(=O)Cn2cnnn2)cc1. The number of methoxy groups -OCH3 is 1. The van der Waals surface area contributed by atoms with E-state index in [9.17, 15) is 9.59 Å². The molecule has 1 aromatic carbocycles. The Bertz CT molecular complexity index is 610. The van der Waals surface area contributed by atoms with E-state index in [0.29, 0.717) is 11.3 Å². The number of ether oxygens (including phenoxy) is 2. The summed E-state index contributed by atoms with van der Waals surface area (Å²) >= 11 is 0. The number of esters is 1. The number of benzene rings is 1. The molecule has 110 valence electrons. The van der Waals surface area contributed by atoms with E-state index >= 15 is 0 Å². The quantitative estimate of drug-likeness (QED) is 0.564. The molecular weight excluding hydrogens is 276 g/mol. The molecule has 0 N–H and O–H groups in total. The van der Waals surface area contributed by atoms with Crippen molar-refractivity contribution in [2.24, 2.45) is 0 Å². The molecule has 0 aliphatic rings. The smallest absolute Gasteiger partial charge is 0.328 e. The third-order valence-electron chi connectivity index (χ3n) is 2.73. The van der Waals surface area contributed by atoms with Crippen LogP contribution in [0.3, 0.4) is 0 Å². The molecule has 0 spiro atoms. The van der Waals surface area contributed by atoms with Crippen LogP contribution in [0.4, 0.5) is 0 Å². The van der Waals surface area contributed by atoms with Crippen LogP contribution in [0.2, 0.25) is 0 Å². The lowest BCUT2D eigenvalue weighted by Crippen LogP contribution is -2.26. The summed E-state index contributed by atoms with van der Waals surface area (Å²) in [4.78, 5) is 23.8. The molecule has 1 unspecified atom stereocenters. The number of rotatable bonds is 6. The van der Waals surface area contributed by atoms with Gasteiger partial charge in [-0.15, -0.1) is 5.10 Å². The van der Waals surface area contributed by atoms with Crippen molar-refractivity contribution in [3.63, 3.8) is 0 Å². The summed E-state index contributed by atoms with van der Waals surface area (Å²) in [5.41, 5.74) is 0.443. The van der Waals surface area contributed by atoms with Crippen LogP contribution >= 0.6 is 0 Å². The number of tetrazole rings is 1. The number of hydrogen-bond donors (Lipinski definition) is 0. The lowest BCUT2D eigenvalue weighted by atomic mass is 10.1. The zero-order valence-electron chi connectivity index (χ0n) is 11.6. The van der Waals surface area contributed by atoms with Gasteiger partial charge in [0.25, 0.3) is 0 Å². The van der Waals surface area contributed by atoms with Gasteiger partial charge in [0.15, 0.2) is 6.10 Å². The lowest BCUT2D eigenvalue weighted by molar-refractivity contribution is -0.147. The number of nitrogens with zero attached hydrogens (tertiary/aromatic N) is 4. The molecular formula is C13H14N4O4. The molecule has 1 heterocycles. The van der Waals surface area contributed by atoms with E-state index in [-0.39, 0.29) is 12.3 Å². The summed E-state index contributed by atoms with van der Waals surface area (Å²) in [6, 6.07) is 6.57. The Morgan fingerprint density at radius 2 is 2.00 bits per heavy atom. The van der Waals surface area contributed by atoms with E-state index < -0.39 is 12.1 Å². The number of aromatic nitrogens is 4. The molecule has 1 atom stereocenters. The van der Waals surface area contributed by atoms with Gasteiger partial charge in [-0.3, -0.25) is 9.59 Å². The van der Waals surface area contributed by atoms with E-state index in [1.165, 1.54) is 17.9 Å². The van der Waals surface area contributed by atoms with Crippen molar-refractivity contribution in [1.82, 2.24) is 20.2 Å². The molecule has 0 bridgehead atoms. The molecule has 0 saturated heterocycles. The molecule has 2 rings (SSSR count). The highest BCUT2D eigenvalue weighted by Gasteiger charge is 2.19. The van der Waals surface area contributed by atoms with E-state index in [1.807, 2.05) is 0 Å². The molecule has 8 nitrogen and oxygen atoms in total. The number of carbonyl (C=O) groups is 2. The van der Waals surface area contributed by atoms with Crippen LogP contribution < -0.4 is 4.74 Å². The highest BCUT2D eigenvalue weighted by molar-refractivity contribution is 6.00. The highest BCUT2D eigenvalue weighted by atomic mass is 16.5. The van der Waals surface area contributed by atoms with Crippen molar-refractivity contribution in [3.05, 3.63) is 36.2 Å². The first-order chi connectivity index (χ1) is 10.1. The molecule has 0 saturated carbocycles. The van der Waals surface area contributed by atoms with Crippen molar-refractivity contribution in [3.8, 4) is 5.75 Å². The Morgan fingerprint density at radius 3 is 2.57 bits per heavy atom. The zero-order chi connectivity index (χ0) is 15.2. The average Bonchev–Trinajstić information content (AvgIpc) is 2.99. The van der Waals surface area contributed by atoms with Crippen molar-refractivity contribution in [2.45, 2.75) is 19.6 Å². The number of hydrogen-bond acceptors (Lipinski definition) is 7. The predicted molar refractivity (Wildman–Crippen MR) is 70.7 cm³/mol. The second-order valence-electron chi connectivity index (χ2n) is 4.23. The summed E-state index contributed by atoms with van der Waals surface area (Å²) in [6.07, 6.45) is 0.402. The summed E-state index contributed by atoms with van der Waals surface area (Å²) in [7, 11) is 1.54. The zero-order valence-corrected chi connectivity index (χ0v) is 11.6. The van der Waals surface area contributed by atoms with Gasteiger partial charge in [0, 0.05) is 5.56 Å². The molecule has 21 heavy (non-hydrogen) atoms. The molecule has 0 aliphatic carbocycles. The Morgan fingerprint density at radius 1 is 1.29 bits per heavy atom. The second-order valence-corrected chi connectivity index (χ2v) is 4.23. The summed E-state index contributed by atoms with van der Waals surface area (Å²) in [5.74, 6) is -0.228. The fourth-order valence-electron chi connectivity index (χ4n) is 1.66. The van der Waals surface area contributed by atoms with Crippen LogP contribution in [-0.2, 0) is 16.1 Å². The Hall–Kier alpha value is -2.77. The largest absolute Gasteiger partial charge is 0.497 e. The first-order valence-corrected chi connectivity index (χ1v) is 6.18. The van der Waals surface area contributed by atoms with Gasteiger partial charge in [0.05, 0.1) is 7.11 Å².